The number of alkyl halides is 6. The van der Waals surface area contributed by atoms with E-state index in [1.165, 1.54) is 12.1 Å². The number of aliphatic hydroxyl groups excluding tert-OH is 1. The van der Waals surface area contributed by atoms with Gasteiger partial charge in [-0.05, 0) is 55.0 Å². The van der Waals surface area contributed by atoms with Crippen LogP contribution in [0.5, 0.6) is 0 Å². The van der Waals surface area contributed by atoms with Gasteiger partial charge in [0.05, 0.1) is 34.5 Å². The van der Waals surface area contributed by atoms with Crippen molar-refractivity contribution >= 4 is 27.2 Å². The summed E-state index contributed by atoms with van der Waals surface area (Å²) in [6.07, 6.45) is -10.3. The Bertz CT molecular complexity index is 1470. The third-order valence-corrected chi connectivity index (χ3v) is 8.43. The van der Waals surface area contributed by atoms with Crippen LogP contribution in [0, 0.1) is 0 Å². The first kappa shape index (κ1) is 27.7. The van der Waals surface area contributed by atoms with E-state index >= 15 is 0 Å². The Balaban J connectivity index is 1.91. The third kappa shape index (κ3) is 5.04. The van der Waals surface area contributed by atoms with E-state index in [1.807, 2.05) is 0 Å². The molecule has 1 aliphatic heterocycles. The maximum absolute atomic E-state index is 13.8. The van der Waals surface area contributed by atoms with Crippen LogP contribution in [0.3, 0.4) is 0 Å². The standard InChI is InChI=1S/C25H23F6N3O3S/c1-14(35)23(2,3)17-7-10-19-20(12-17)34(13-15-4-11-21(25(29,30)31)33-22(15)32-19)38(36,37)18-8-5-16(6-9-18)24(26,27)28/h4-12,14,35H,13H2,1-3H3,(H,32,33). The van der Waals surface area contributed by atoms with Gasteiger partial charge in [-0.1, -0.05) is 26.0 Å². The molecule has 0 saturated heterocycles. The molecule has 0 radical (unpaired) electrons. The summed E-state index contributed by atoms with van der Waals surface area (Å²) in [4.78, 5) is 3.20. The minimum Gasteiger partial charge on any atom is -0.393 e. The summed E-state index contributed by atoms with van der Waals surface area (Å²) in [7, 11) is -4.51. The topological polar surface area (TPSA) is 82.5 Å². The molecule has 0 spiro atoms. The van der Waals surface area contributed by atoms with Gasteiger partial charge in [-0.2, -0.15) is 26.3 Å². The number of aliphatic hydroxyl groups is 1. The molecule has 3 aromatic rings. The molecule has 2 heterocycles. The molecule has 13 heteroatoms. The van der Waals surface area contributed by atoms with Gasteiger partial charge < -0.3 is 10.4 Å². The van der Waals surface area contributed by atoms with Crippen molar-refractivity contribution in [2.24, 2.45) is 0 Å². The zero-order valence-electron chi connectivity index (χ0n) is 20.3. The highest BCUT2D eigenvalue weighted by molar-refractivity contribution is 7.92. The number of hydrogen-bond donors (Lipinski definition) is 2. The predicted octanol–water partition coefficient (Wildman–Crippen LogP) is 6.23. The number of sulfonamides is 1. The lowest BCUT2D eigenvalue weighted by Crippen LogP contribution is -2.33. The van der Waals surface area contributed by atoms with E-state index in [1.54, 1.807) is 26.8 Å². The number of benzene rings is 2. The molecule has 0 amide bonds. The van der Waals surface area contributed by atoms with Crippen molar-refractivity contribution in [3.05, 3.63) is 77.0 Å². The highest BCUT2D eigenvalue weighted by atomic mass is 32.2. The number of fused-ring (bicyclic) bond motifs is 2. The van der Waals surface area contributed by atoms with Crippen LogP contribution in [0.15, 0.2) is 59.5 Å². The minimum atomic E-state index is -4.75. The van der Waals surface area contributed by atoms with E-state index < -0.39 is 56.6 Å². The zero-order valence-corrected chi connectivity index (χ0v) is 21.1. The lowest BCUT2D eigenvalue weighted by atomic mass is 9.80. The number of rotatable bonds is 4. The SMILES string of the molecule is CC(O)C(C)(C)c1ccc2c(c1)N(S(=O)(=O)c1ccc(C(F)(F)F)cc1)Cc1ccc(C(F)(F)F)nc1N2. The van der Waals surface area contributed by atoms with Crippen molar-refractivity contribution in [1.82, 2.24) is 4.98 Å². The molecule has 0 fully saturated rings. The fourth-order valence-corrected chi connectivity index (χ4v) is 5.35. The molecule has 2 aromatic carbocycles. The van der Waals surface area contributed by atoms with Crippen molar-refractivity contribution in [2.45, 2.75) is 56.1 Å². The maximum Gasteiger partial charge on any atom is 0.433 e. The van der Waals surface area contributed by atoms with Crippen LogP contribution in [0.25, 0.3) is 0 Å². The second kappa shape index (κ2) is 9.16. The Morgan fingerprint density at radius 2 is 1.53 bits per heavy atom. The monoisotopic (exact) mass is 559 g/mol. The molecule has 204 valence electrons. The maximum atomic E-state index is 13.8. The number of hydrogen-bond acceptors (Lipinski definition) is 5. The molecule has 1 atom stereocenters. The number of nitrogens with zero attached hydrogens (tertiary/aromatic N) is 2. The van der Waals surface area contributed by atoms with Gasteiger partial charge in [0.1, 0.15) is 11.5 Å². The molecule has 0 saturated carbocycles. The lowest BCUT2D eigenvalue weighted by Gasteiger charge is -2.31. The van der Waals surface area contributed by atoms with Crippen LogP contribution >= 0.6 is 0 Å². The van der Waals surface area contributed by atoms with Gasteiger partial charge in [0, 0.05) is 11.0 Å². The fraction of sp³-hybridized carbons (Fsp3) is 0.320. The average molecular weight is 560 g/mol. The van der Waals surface area contributed by atoms with E-state index in [0.29, 0.717) is 17.7 Å². The van der Waals surface area contributed by atoms with Crippen LogP contribution in [0.4, 0.5) is 43.5 Å². The quantitative estimate of drug-likeness (QED) is 0.371. The molecule has 6 nitrogen and oxygen atoms in total. The summed E-state index contributed by atoms with van der Waals surface area (Å²) >= 11 is 0. The first-order valence-corrected chi connectivity index (χ1v) is 12.7. The van der Waals surface area contributed by atoms with Gasteiger partial charge in [-0.15, -0.1) is 0 Å². The van der Waals surface area contributed by atoms with Gasteiger partial charge in [0.2, 0.25) is 0 Å². The molecule has 1 aliphatic rings. The summed E-state index contributed by atoms with van der Waals surface area (Å²) in [5, 5.41) is 13.1. The Morgan fingerprint density at radius 3 is 2.08 bits per heavy atom. The number of pyridine rings is 1. The first-order chi connectivity index (χ1) is 17.4. The largest absolute Gasteiger partial charge is 0.433 e. The van der Waals surface area contributed by atoms with E-state index in [4.69, 9.17) is 0 Å². The third-order valence-electron chi connectivity index (χ3n) is 6.66. The van der Waals surface area contributed by atoms with Gasteiger partial charge in [0.15, 0.2) is 0 Å². The number of halogens is 6. The van der Waals surface area contributed by atoms with Gasteiger partial charge in [-0.3, -0.25) is 4.31 Å². The van der Waals surface area contributed by atoms with Crippen LogP contribution in [-0.4, -0.2) is 24.6 Å². The van der Waals surface area contributed by atoms with Gasteiger partial charge in [0.25, 0.3) is 10.0 Å². The number of anilines is 3. The van der Waals surface area contributed by atoms with E-state index in [2.05, 4.69) is 10.3 Å². The van der Waals surface area contributed by atoms with Crippen molar-refractivity contribution in [3.8, 4) is 0 Å². The molecular formula is C25H23F6N3O3S. The van der Waals surface area contributed by atoms with E-state index in [9.17, 15) is 39.9 Å². The number of nitrogens with one attached hydrogen (secondary N) is 1. The first-order valence-electron chi connectivity index (χ1n) is 11.3. The molecule has 38 heavy (non-hydrogen) atoms. The average Bonchev–Trinajstić information content (AvgIpc) is 2.99. The minimum absolute atomic E-state index is 0.0303. The Kier molecular flexibility index (Phi) is 6.68. The summed E-state index contributed by atoms with van der Waals surface area (Å²) < 4.78 is 108. The summed E-state index contributed by atoms with van der Waals surface area (Å²) in [6.45, 7) is 4.55. The van der Waals surface area contributed by atoms with Crippen molar-refractivity contribution in [3.63, 3.8) is 0 Å². The van der Waals surface area contributed by atoms with Crippen LogP contribution < -0.4 is 9.62 Å². The molecule has 4 rings (SSSR count). The smallest absolute Gasteiger partial charge is 0.393 e. The summed E-state index contributed by atoms with van der Waals surface area (Å²) in [5.41, 5.74) is -2.30. The highest BCUT2D eigenvalue weighted by Gasteiger charge is 2.37. The Labute approximate surface area is 215 Å². The molecule has 0 aliphatic carbocycles. The van der Waals surface area contributed by atoms with Crippen LogP contribution in [0.1, 0.15) is 43.2 Å². The summed E-state index contributed by atoms with van der Waals surface area (Å²) in [5.74, 6) is -0.214. The molecule has 0 bridgehead atoms. The van der Waals surface area contributed by atoms with E-state index in [0.717, 1.165) is 28.6 Å². The second-order valence-corrected chi connectivity index (χ2v) is 11.4. The molecule has 2 N–H and O–H groups in total. The molecule has 1 aromatic heterocycles. The van der Waals surface area contributed by atoms with Crippen LogP contribution in [-0.2, 0) is 34.3 Å². The Morgan fingerprint density at radius 1 is 0.921 bits per heavy atom. The fourth-order valence-electron chi connectivity index (χ4n) is 3.89. The van der Waals surface area contributed by atoms with E-state index in [-0.39, 0.29) is 22.8 Å². The van der Waals surface area contributed by atoms with Gasteiger partial charge >= 0.3 is 12.4 Å². The second-order valence-electron chi connectivity index (χ2n) is 9.49. The normalized spacial score (nSPS) is 15.3. The predicted molar refractivity (Wildman–Crippen MR) is 128 cm³/mol. The Hall–Kier alpha value is -3.32. The van der Waals surface area contributed by atoms with Crippen LogP contribution in [0.2, 0.25) is 0 Å². The van der Waals surface area contributed by atoms with Crippen molar-refractivity contribution in [1.29, 1.82) is 0 Å². The summed E-state index contributed by atoms with van der Waals surface area (Å²) in [6, 6.07) is 9.29. The van der Waals surface area contributed by atoms with Crippen molar-refractivity contribution < 1.29 is 39.9 Å². The number of aromatic nitrogens is 1. The zero-order chi connectivity index (χ0) is 28.3. The lowest BCUT2D eigenvalue weighted by molar-refractivity contribution is -0.141. The van der Waals surface area contributed by atoms with Crippen molar-refractivity contribution in [2.75, 3.05) is 9.62 Å². The van der Waals surface area contributed by atoms with Gasteiger partial charge in [-0.25, -0.2) is 13.4 Å². The highest BCUT2D eigenvalue weighted by Crippen LogP contribution is 2.42. The molecule has 1 unspecified atom stereocenters. The molecular weight excluding hydrogens is 536 g/mol.